The summed E-state index contributed by atoms with van der Waals surface area (Å²) in [5.41, 5.74) is 11.8. The van der Waals surface area contributed by atoms with Crippen molar-refractivity contribution in [3.8, 4) is 22.9 Å². The van der Waals surface area contributed by atoms with Gasteiger partial charge in [-0.15, -0.1) is 0 Å². The lowest BCUT2D eigenvalue weighted by molar-refractivity contribution is 0.214. The molecular formula is C26H23Cl2N7O2. The van der Waals surface area contributed by atoms with Crippen LogP contribution in [0.15, 0.2) is 61.2 Å². The van der Waals surface area contributed by atoms with E-state index in [9.17, 15) is 0 Å². The summed E-state index contributed by atoms with van der Waals surface area (Å²) in [6, 6.07) is 11.5. The van der Waals surface area contributed by atoms with Crippen LogP contribution in [0.4, 0.5) is 5.69 Å². The van der Waals surface area contributed by atoms with Crippen LogP contribution in [0.1, 0.15) is 23.0 Å². The Hall–Kier alpha value is -3.92. The molecule has 188 valence electrons. The van der Waals surface area contributed by atoms with Crippen molar-refractivity contribution in [2.45, 2.75) is 19.7 Å². The normalized spacial score (nSPS) is 11.9. The highest BCUT2D eigenvalue weighted by Gasteiger charge is 2.18. The summed E-state index contributed by atoms with van der Waals surface area (Å²) in [6.45, 7) is 2.54. The van der Waals surface area contributed by atoms with E-state index in [4.69, 9.17) is 38.4 Å². The molecule has 5 rings (SSSR count). The van der Waals surface area contributed by atoms with Gasteiger partial charge >= 0.3 is 0 Å². The van der Waals surface area contributed by atoms with E-state index in [1.54, 1.807) is 25.6 Å². The number of aromatic nitrogens is 5. The maximum Gasteiger partial charge on any atom is 0.237 e. The van der Waals surface area contributed by atoms with Crippen LogP contribution in [0.3, 0.4) is 0 Å². The van der Waals surface area contributed by atoms with E-state index in [1.807, 2.05) is 37.3 Å². The van der Waals surface area contributed by atoms with Crippen molar-refractivity contribution in [2.24, 2.45) is 5.73 Å². The Balaban J connectivity index is 1.44. The van der Waals surface area contributed by atoms with Gasteiger partial charge in [-0.3, -0.25) is 20.8 Å². The van der Waals surface area contributed by atoms with Crippen molar-refractivity contribution in [3.63, 3.8) is 0 Å². The number of ether oxygens (including phenoxy) is 2. The minimum absolute atomic E-state index is 0.330. The highest BCUT2D eigenvalue weighted by Crippen LogP contribution is 2.35. The second-order valence-electron chi connectivity index (χ2n) is 8.27. The van der Waals surface area contributed by atoms with E-state index < -0.39 is 6.23 Å². The van der Waals surface area contributed by atoms with Gasteiger partial charge in [-0.1, -0.05) is 23.2 Å². The Morgan fingerprint density at radius 1 is 1.05 bits per heavy atom. The molecule has 1 atom stereocenters. The van der Waals surface area contributed by atoms with Crippen LogP contribution in [0.5, 0.6) is 11.6 Å². The molecule has 0 radical (unpaired) electrons. The highest BCUT2D eigenvalue weighted by atomic mass is 35.5. The summed E-state index contributed by atoms with van der Waals surface area (Å²) in [5, 5.41) is 12.5. The number of rotatable bonds is 8. The number of hydrogen-bond acceptors (Lipinski definition) is 8. The number of aromatic amines is 1. The first-order valence-electron chi connectivity index (χ1n) is 11.3. The molecular weight excluding hydrogens is 513 g/mol. The predicted octanol–water partition coefficient (Wildman–Crippen LogP) is 5.69. The molecule has 5 aromatic rings. The molecule has 0 aliphatic heterocycles. The summed E-state index contributed by atoms with van der Waals surface area (Å²) in [6.07, 6.45) is 5.57. The minimum atomic E-state index is -0.883. The monoisotopic (exact) mass is 535 g/mol. The second kappa shape index (κ2) is 10.6. The molecule has 0 amide bonds. The molecule has 11 heteroatoms. The van der Waals surface area contributed by atoms with Crippen LogP contribution in [-0.2, 0) is 6.54 Å². The molecule has 37 heavy (non-hydrogen) atoms. The standard InChI is InChI=1S/C26H23Cl2N7O2/c1-14-7-15(5-6-31-14)10-32-22-8-16(11-33-26(22)36-2)24-18-9-17(3-4-21(18)34-35-24)37-25(29)23-19(27)12-30-13-20(23)28/h3-9,11-13,25,32H,10,29H2,1-2H3,(H,34,35)/t25-/m0/s1. The number of methoxy groups -OCH3 is 1. The average Bonchev–Trinajstić information content (AvgIpc) is 3.30. The van der Waals surface area contributed by atoms with Gasteiger partial charge in [0, 0.05) is 53.5 Å². The van der Waals surface area contributed by atoms with E-state index in [2.05, 4.69) is 30.5 Å². The number of anilines is 1. The number of halogens is 2. The summed E-state index contributed by atoms with van der Waals surface area (Å²) >= 11 is 12.5. The van der Waals surface area contributed by atoms with Gasteiger partial charge in [0.1, 0.15) is 11.4 Å². The number of nitrogens with one attached hydrogen (secondary N) is 2. The fraction of sp³-hybridized carbons (Fsp3) is 0.154. The molecule has 0 aliphatic carbocycles. The number of pyridine rings is 3. The molecule has 0 saturated heterocycles. The molecule has 4 N–H and O–H groups in total. The molecule has 4 aromatic heterocycles. The fourth-order valence-corrected chi connectivity index (χ4v) is 4.55. The topological polar surface area (TPSA) is 124 Å². The third-order valence-corrected chi connectivity index (χ3v) is 6.34. The molecule has 1 aromatic carbocycles. The van der Waals surface area contributed by atoms with Gasteiger partial charge in [0.05, 0.1) is 28.4 Å². The SMILES string of the molecule is COc1ncc(-c2n[nH]c3ccc(O[C@H](N)c4c(Cl)cncc4Cl)cc23)cc1NCc1ccnc(C)c1. The highest BCUT2D eigenvalue weighted by molar-refractivity contribution is 6.35. The van der Waals surface area contributed by atoms with Crippen LogP contribution in [0.2, 0.25) is 10.0 Å². The maximum atomic E-state index is 6.26. The van der Waals surface area contributed by atoms with Crippen LogP contribution in [0.25, 0.3) is 22.2 Å². The summed E-state index contributed by atoms with van der Waals surface area (Å²) in [4.78, 5) is 12.7. The fourth-order valence-electron chi connectivity index (χ4n) is 3.97. The predicted molar refractivity (Wildman–Crippen MR) is 144 cm³/mol. The quantitative estimate of drug-likeness (QED) is 0.216. The largest absolute Gasteiger partial charge is 0.480 e. The van der Waals surface area contributed by atoms with E-state index in [0.29, 0.717) is 39.5 Å². The number of aryl methyl sites for hydroxylation is 1. The van der Waals surface area contributed by atoms with Gasteiger partial charge in [-0.05, 0) is 48.9 Å². The van der Waals surface area contributed by atoms with E-state index >= 15 is 0 Å². The smallest absolute Gasteiger partial charge is 0.237 e. The van der Waals surface area contributed by atoms with E-state index in [1.165, 1.54) is 12.4 Å². The minimum Gasteiger partial charge on any atom is -0.480 e. The third kappa shape index (κ3) is 5.29. The number of hydrogen-bond donors (Lipinski definition) is 3. The van der Waals surface area contributed by atoms with Crippen LogP contribution < -0.4 is 20.5 Å². The van der Waals surface area contributed by atoms with Gasteiger partial charge in [0.15, 0.2) is 6.23 Å². The summed E-state index contributed by atoms with van der Waals surface area (Å²) in [7, 11) is 1.59. The lowest BCUT2D eigenvalue weighted by Crippen LogP contribution is -2.18. The molecule has 0 unspecified atom stereocenters. The molecule has 0 saturated carbocycles. The molecule has 9 nitrogen and oxygen atoms in total. The van der Waals surface area contributed by atoms with Crippen molar-refractivity contribution in [1.82, 2.24) is 25.1 Å². The van der Waals surface area contributed by atoms with Gasteiger partial charge in [0.2, 0.25) is 5.88 Å². The number of H-pyrrole nitrogens is 1. The van der Waals surface area contributed by atoms with Crippen molar-refractivity contribution < 1.29 is 9.47 Å². The number of nitrogens with zero attached hydrogens (tertiary/aromatic N) is 4. The Kier molecular flexibility index (Phi) is 7.09. The van der Waals surface area contributed by atoms with Gasteiger partial charge in [-0.2, -0.15) is 5.10 Å². The Bertz CT molecular complexity index is 1550. The lowest BCUT2D eigenvalue weighted by Gasteiger charge is -2.17. The first kappa shape index (κ1) is 24.8. The lowest BCUT2D eigenvalue weighted by atomic mass is 10.1. The van der Waals surface area contributed by atoms with Crippen LogP contribution >= 0.6 is 23.2 Å². The number of benzene rings is 1. The molecule has 4 heterocycles. The van der Waals surface area contributed by atoms with Gasteiger partial charge in [0.25, 0.3) is 0 Å². The van der Waals surface area contributed by atoms with Crippen LogP contribution in [-0.4, -0.2) is 32.3 Å². The second-order valence-corrected chi connectivity index (χ2v) is 9.09. The van der Waals surface area contributed by atoms with Crippen molar-refractivity contribution in [2.75, 3.05) is 12.4 Å². The molecule has 0 bridgehead atoms. The molecule has 0 fully saturated rings. The van der Waals surface area contributed by atoms with Crippen molar-refractivity contribution in [1.29, 1.82) is 0 Å². The Labute approximate surface area is 223 Å². The Morgan fingerprint density at radius 2 is 1.86 bits per heavy atom. The van der Waals surface area contributed by atoms with Crippen molar-refractivity contribution >= 4 is 39.8 Å². The average molecular weight is 536 g/mol. The first-order chi connectivity index (χ1) is 17.9. The van der Waals surface area contributed by atoms with Crippen LogP contribution in [0, 0.1) is 6.92 Å². The van der Waals surface area contributed by atoms with Gasteiger partial charge in [-0.25, -0.2) is 4.98 Å². The maximum absolute atomic E-state index is 6.26. The third-order valence-electron chi connectivity index (χ3n) is 5.73. The summed E-state index contributed by atoms with van der Waals surface area (Å²) in [5.74, 6) is 1.01. The zero-order chi connectivity index (χ0) is 25.9. The zero-order valence-electron chi connectivity index (χ0n) is 20.0. The first-order valence-corrected chi connectivity index (χ1v) is 12.1. The molecule has 0 aliphatic rings. The summed E-state index contributed by atoms with van der Waals surface area (Å²) < 4.78 is 11.4. The number of nitrogens with two attached hydrogens (primary N) is 1. The van der Waals surface area contributed by atoms with E-state index in [0.717, 1.165) is 33.4 Å². The van der Waals surface area contributed by atoms with E-state index in [-0.39, 0.29) is 0 Å². The zero-order valence-corrected chi connectivity index (χ0v) is 21.5. The Morgan fingerprint density at radius 3 is 2.62 bits per heavy atom. The number of fused-ring (bicyclic) bond motifs is 1. The van der Waals surface area contributed by atoms with Gasteiger partial charge < -0.3 is 14.8 Å². The molecule has 0 spiro atoms. The van der Waals surface area contributed by atoms with Crippen molar-refractivity contribution in [3.05, 3.63) is 88.1 Å².